The van der Waals surface area contributed by atoms with Gasteiger partial charge in [0, 0.05) is 5.39 Å². The van der Waals surface area contributed by atoms with Gasteiger partial charge in [0.25, 0.3) is 0 Å². The molecule has 0 radical (unpaired) electrons. The van der Waals surface area contributed by atoms with Crippen LogP contribution in [0.1, 0.15) is 25.2 Å². The average molecular weight is 272 g/mol. The fourth-order valence-electron chi connectivity index (χ4n) is 1.72. The van der Waals surface area contributed by atoms with E-state index in [-0.39, 0.29) is 16.7 Å². The third-order valence-corrected chi connectivity index (χ3v) is 3.02. The normalized spacial score (nSPS) is 12.9. The molecule has 0 saturated carbocycles. The molecule has 2 aromatic rings. The lowest BCUT2D eigenvalue weighted by molar-refractivity contribution is -0.143. The van der Waals surface area contributed by atoms with Gasteiger partial charge in [-0.3, -0.25) is 4.79 Å². The Morgan fingerprint density at radius 1 is 1.26 bits per heavy atom. The van der Waals surface area contributed by atoms with Crippen molar-refractivity contribution in [3.63, 3.8) is 0 Å². The third kappa shape index (κ3) is 2.18. The van der Waals surface area contributed by atoms with Crippen LogP contribution in [0.4, 0.5) is 13.2 Å². The predicted octanol–water partition coefficient (Wildman–Crippen LogP) is 3.81. The molecule has 1 heterocycles. The summed E-state index contributed by atoms with van der Waals surface area (Å²) in [6, 6.07) is 4.69. The van der Waals surface area contributed by atoms with Crippen molar-refractivity contribution in [3.8, 4) is 0 Å². The molecule has 0 amide bonds. The maximum atomic E-state index is 12.8. The van der Waals surface area contributed by atoms with Gasteiger partial charge in [-0.25, -0.2) is 0 Å². The van der Waals surface area contributed by atoms with Crippen molar-refractivity contribution >= 4 is 16.9 Å². The minimum Gasteiger partial charge on any atom is -0.481 e. The summed E-state index contributed by atoms with van der Waals surface area (Å²) in [6.45, 7) is 2.75. The molecule has 1 aromatic carbocycles. The van der Waals surface area contributed by atoms with E-state index >= 15 is 0 Å². The Bertz CT molecular complexity index is 638. The largest absolute Gasteiger partial charge is 0.481 e. The number of hydrogen-bond acceptors (Lipinski definition) is 2. The summed E-state index contributed by atoms with van der Waals surface area (Å²) in [5, 5.41) is 8.94. The zero-order valence-corrected chi connectivity index (χ0v) is 10.2. The summed E-state index contributed by atoms with van der Waals surface area (Å²) in [5.41, 5.74) is -2.19. The first kappa shape index (κ1) is 13.5. The summed E-state index contributed by atoms with van der Waals surface area (Å²) in [4.78, 5) is 11.1. The number of hydrogen-bond donors (Lipinski definition) is 1. The molecule has 1 aromatic heterocycles. The van der Waals surface area contributed by atoms with Crippen molar-refractivity contribution in [1.82, 2.24) is 0 Å². The van der Waals surface area contributed by atoms with E-state index in [4.69, 9.17) is 9.52 Å². The van der Waals surface area contributed by atoms with Crippen molar-refractivity contribution in [3.05, 3.63) is 35.6 Å². The second-order valence-electron chi connectivity index (χ2n) is 4.76. The van der Waals surface area contributed by atoms with E-state index in [1.807, 2.05) is 0 Å². The number of benzene rings is 1. The van der Waals surface area contributed by atoms with Gasteiger partial charge in [0.2, 0.25) is 0 Å². The Kier molecular flexibility index (Phi) is 2.84. The van der Waals surface area contributed by atoms with Crippen LogP contribution in [0.2, 0.25) is 0 Å². The highest BCUT2D eigenvalue weighted by Crippen LogP contribution is 2.38. The van der Waals surface area contributed by atoms with Crippen molar-refractivity contribution in [2.75, 3.05) is 0 Å². The number of alkyl halides is 3. The molecule has 0 aliphatic heterocycles. The monoisotopic (exact) mass is 272 g/mol. The molecule has 0 fully saturated rings. The molecule has 0 saturated heterocycles. The van der Waals surface area contributed by atoms with Crippen LogP contribution in [0, 0.1) is 0 Å². The SMILES string of the molecule is CC(C)(C(=O)O)c1cc2c(C(F)(F)F)cccc2o1. The number of rotatable bonds is 2. The number of furan rings is 1. The Morgan fingerprint density at radius 2 is 1.89 bits per heavy atom. The van der Waals surface area contributed by atoms with Crippen LogP contribution in [-0.4, -0.2) is 11.1 Å². The molecular formula is C13H11F3O3. The van der Waals surface area contributed by atoms with Gasteiger partial charge in [-0.2, -0.15) is 13.2 Å². The van der Waals surface area contributed by atoms with Gasteiger partial charge in [-0.05, 0) is 32.0 Å². The molecule has 2 rings (SSSR count). The number of halogens is 3. The number of aliphatic carboxylic acids is 1. The Hall–Kier alpha value is -1.98. The van der Waals surface area contributed by atoms with Gasteiger partial charge < -0.3 is 9.52 Å². The molecule has 0 unspecified atom stereocenters. The minimum absolute atomic E-state index is 0.00769. The van der Waals surface area contributed by atoms with Crippen molar-refractivity contribution in [2.45, 2.75) is 25.4 Å². The number of carbonyl (C=O) groups is 1. The quantitative estimate of drug-likeness (QED) is 0.904. The number of carboxylic acid groups (broad SMARTS) is 1. The predicted molar refractivity (Wildman–Crippen MR) is 61.9 cm³/mol. The lowest BCUT2D eigenvalue weighted by Crippen LogP contribution is -2.27. The highest BCUT2D eigenvalue weighted by molar-refractivity contribution is 5.86. The molecule has 0 bridgehead atoms. The Morgan fingerprint density at radius 3 is 2.42 bits per heavy atom. The molecule has 0 aliphatic carbocycles. The zero-order chi connectivity index (χ0) is 14.4. The van der Waals surface area contributed by atoms with Gasteiger partial charge in [0.1, 0.15) is 16.8 Å². The summed E-state index contributed by atoms with van der Waals surface area (Å²) in [5.74, 6) is -1.17. The van der Waals surface area contributed by atoms with Crippen molar-refractivity contribution in [1.29, 1.82) is 0 Å². The molecule has 0 atom stereocenters. The van der Waals surface area contributed by atoms with E-state index in [2.05, 4.69) is 0 Å². The summed E-state index contributed by atoms with van der Waals surface area (Å²) in [7, 11) is 0. The van der Waals surface area contributed by atoms with Crippen LogP contribution in [0.5, 0.6) is 0 Å². The van der Waals surface area contributed by atoms with Crippen molar-refractivity contribution in [2.24, 2.45) is 0 Å². The Labute approximate surface area is 106 Å². The molecule has 102 valence electrons. The van der Waals surface area contributed by atoms with Crippen molar-refractivity contribution < 1.29 is 27.5 Å². The lowest BCUT2D eigenvalue weighted by atomic mass is 9.90. The summed E-state index contributed by atoms with van der Waals surface area (Å²) >= 11 is 0. The highest BCUT2D eigenvalue weighted by atomic mass is 19.4. The first-order chi connectivity index (χ1) is 8.64. The highest BCUT2D eigenvalue weighted by Gasteiger charge is 2.37. The number of fused-ring (bicyclic) bond motifs is 1. The zero-order valence-electron chi connectivity index (χ0n) is 10.2. The molecule has 0 aliphatic rings. The van der Waals surface area contributed by atoms with Crippen LogP contribution in [-0.2, 0) is 16.4 Å². The second-order valence-corrected chi connectivity index (χ2v) is 4.76. The molecule has 1 N–H and O–H groups in total. The van der Waals surface area contributed by atoms with Gasteiger partial charge >= 0.3 is 12.1 Å². The van der Waals surface area contributed by atoms with Gasteiger partial charge in [0.05, 0.1) is 5.56 Å². The van der Waals surface area contributed by atoms with E-state index < -0.39 is 23.1 Å². The molecule has 0 spiro atoms. The smallest absolute Gasteiger partial charge is 0.417 e. The van der Waals surface area contributed by atoms with Gasteiger partial charge in [0.15, 0.2) is 0 Å². The van der Waals surface area contributed by atoms with E-state index in [1.165, 1.54) is 26.0 Å². The van der Waals surface area contributed by atoms with Crippen LogP contribution in [0.25, 0.3) is 11.0 Å². The van der Waals surface area contributed by atoms with Crippen LogP contribution in [0.3, 0.4) is 0 Å². The fraction of sp³-hybridized carbons (Fsp3) is 0.308. The van der Waals surface area contributed by atoms with Crippen LogP contribution >= 0.6 is 0 Å². The molecular weight excluding hydrogens is 261 g/mol. The number of carboxylic acids is 1. The first-order valence-corrected chi connectivity index (χ1v) is 5.47. The molecule has 19 heavy (non-hydrogen) atoms. The van der Waals surface area contributed by atoms with E-state index in [1.54, 1.807) is 0 Å². The lowest BCUT2D eigenvalue weighted by Gasteiger charge is -2.15. The summed E-state index contributed by atoms with van der Waals surface area (Å²) in [6.07, 6.45) is -4.51. The van der Waals surface area contributed by atoms with Gasteiger partial charge in [-0.1, -0.05) is 6.07 Å². The maximum Gasteiger partial charge on any atom is 0.417 e. The minimum atomic E-state index is -4.51. The topological polar surface area (TPSA) is 50.4 Å². The standard InChI is InChI=1S/C13H11F3O3/c1-12(2,11(17)18)10-6-7-8(13(14,15)16)4-3-5-9(7)19-10/h3-6H,1-2H3,(H,17,18). The van der Waals surface area contributed by atoms with Crippen LogP contribution in [0.15, 0.2) is 28.7 Å². The molecule has 3 nitrogen and oxygen atoms in total. The summed E-state index contributed by atoms with van der Waals surface area (Å²) < 4.78 is 43.7. The van der Waals surface area contributed by atoms with E-state index in [9.17, 15) is 18.0 Å². The Balaban J connectivity index is 2.68. The average Bonchev–Trinajstić information content (AvgIpc) is 2.70. The first-order valence-electron chi connectivity index (χ1n) is 5.47. The van der Waals surface area contributed by atoms with Gasteiger partial charge in [-0.15, -0.1) is 0 Å². The third-order valence-electron chi connectivity index (χ3n) is 3.02. The van der Waals surface area contributed by atoms with E-state index in [0.29, 0.717) is 0 Å². The van der Waals surface area contributed by atoms with E-state index in [0.717, 1.165) is 12.1 Å². The maximum absolute atomic E-state index is 12.8. The second kappa shape index (κ2) is 4.01. The van der Waals surface area contributed by atoms with Crippen LogP contribution < -0.4 is 0 Å². The molecule has 6 heteroatoms. The fourth-order valence-corrected chi connectivity index (χ4v) is 1.72.